The summed E-state index contributed by atoms with van der Waals surface area (Å²) in [6.45, 7) is 6.54. The first-order chi connectivity index (χ1) is 11.7. The lowest BCUT2D eigenvalue weighted by molar-refractivity contribution is -0.115. The highest BCUT2D eigenvalue weighted by Crippen LogP contribution is 2.20. The second kappa shape index (κ2) is 8.77. The van der Waals surface area contributed by atoms with Crippen LogP contribution in [-0.4, -0.2) is 31.7 Å². The van der Waals surface area contributed by atoms with Crippen LogP contribution in [0.4, 0.5) is 0 Å². The van der Waals surface area contributed by atoms with Gasteiger partial charge in [-0.3, -0.25) is 4.79 Å². The molecule has 2 aromatic rings. The van der Waals surface area contributed by atoms with Crippen LogP contribution in [0.15, 0.2) is 49.0 Å². The molecule has 0 saturated carbocycles. The van der Waals surface area contributed by atoms with Gasteiger partial charge in [0.1, 0.15) is 6.61 Å². The first-order valence-electron chi connectivity index (χ1n) is 7.65. The number of hydrogen-bond acceptors (Lipinski definition) is 4. The van der Waals surface area contributed by atoms with Crippen LogP contribution in [0.1, 0.15) is 11.1 Å². The number of nitrogens with one attached hydrogen (secondary N) is 1. The Morgan fingerprint density at radius 3 is 2.58 bits per heavy atom. The molecule has 0 spiro atoms. The van der Waals surface area contributed by atoms with Gasteiger partial charge in [-0.1, -0.05) is 43.7 Å². The van der Waals surface area contributed by atoms with Gasteiger partial charge in [0, 0.05) is 24.8 Å². The Kier molecular flexibility index (Phi) is 6.43. The summed E-state index contributed by atoms with van der Waals surface area (Å²) in [5.41, 5.74) is 2.02. The molecule has 5 nitrogen and oxygen atoms in total. The average molecular weight is 323 g/mol. The van der Waals surface area contributed by atoms with Gasteiger partial charge in [-0.15, -0.1) is 0 Å². The second-order valence-corrected chi connectivity index (χ2v) is 5.04. The largest absolute Gasteiger partial charge is 0.487 e. The molecule has 0 bridgehead atoms. The van der Waals surface area contributed by atoms with E-state index in [1.54, 1.807) is 19.2 Å². The van der Waals surface area contributed by atoms with Crippen LogP contribution in [0.25, 0.3) is 5.57 Å². The molecule has 1 N–H and O–H groups in total. The Bertz CT molecular complexity index is 719. The molecular weight excluding hydrogens is 303 g/mol. The number of rotatable bonds is 8. The Labute approximate surface area is 142 Å². The van der Waals surface area contributed by atoms with Crippen LogP contribution in [0, 0.1) is 0 Å². The molecule has 0 saturated heterocycles. The third kappa shape index (κ3) is 4.62. The average Bonchev–Trinajstić information content (AvgIpc) is 2.64. The van der Waals surface area contributed by atoms with Crippen molar-refractivity contribution in [2.45, 2.75) is 13.4 Å². The smallest absolute Gasteiger partial charge is 0.251 e. The highest BCUT2D eigenvalue weighted by atomic mass is 16.5. The van der Waals surface area contributed by atoms with E-state index in [9.17, 15) is 4.79 Å². The molecule has 1 aromatic carbocycles. The van der Waals surface area contributed by atoms with Crippen LogP contribution < -0.4 is 14.8 Å². The summed E-state index contributed by atoms with van der Waals surface area (Å²) in [5, 5.41) is 2.58. The summed E-state index contributed by atoms with van der Waals surface area (Å²) in [6.07, 6.45) is 0. The van der Waals surface area contributed by atoms with Gasteiger partial charge in [0.15, 0.2) is 7.28 Å². The van der Waals surface area contributed by atoms with Crippen LogP contribution in [0.3, 0.4) is 0 Å². The number of aromatic nitrogens is 1. The van der Waals surface area contributed by atoms with E-state index in [1.807, 2.05) is 44.4 Å². The molecule has 0 unspecified atom stereocenters. The van der Waals surface area contributed by atoms with Gasteiger partial charge in [-0.05, 0) is 11.1 Å². The number of amides is 1. The minimum absolute atomic E-state index is 0.216. The highest BCUT2D eigenvalue weighted by molar-refractivity contribution is 6.33. The zero-order valence-corrected chi connectivity index (χ0v) is 13.9. The number of benzene rings is 1. The molecule has 1 amide bonds. The second-order valence-electron chi connectivity index (χ2n) is 5.04. The van der Waals surface area contributed by atoms with Crippen LogP contribution in [0.2, 0.25) is 6.82 Å². The quantitative estimate of drug-likeness (QED) is 0.599. The zero-order chi connectivity index (χ0) is 17.4. The fourth-order valence-electron chi connectivity index (χ4n) is 2.09. The van der Waals surface area contributed by atoms with Crippen LogP contribution in [-0.2, 0) is 11.4 Å². The maximum Gasteiger partial charge on any atom is 0.251 e. The Hall–Kier alpha value is -2.76. The van der Waals surface area contributed by atoms with Crippen LogP contribution >= 0.6 is 0 Å². The predicted molar refractivity (Wildman–Crippen MR) is 95.2 cm³/mol. The predicted octanol–water partition coefficient (Wildman–Crippen LogP) is 2.51. The molecular formula is C18H20BN2O3. The number of carbonyl (C=O) groups is 1. The van der Waals surface area contributed by atoms with Crippen molar-refractivity contribution in [2.24, 2.45) is 0 Å². The summed E-state index contributed by atoms with van der Waals surface area (Å²) in [5.74, 6) is 0.754. The molecule has 0 atom stereocenters. The summed E-state index contributed by atoms with van der Waals surface area (Å²) < 4.78 is 11.2. The maximum atomic E-state index is 11.8. The van der Waals surface area contributed by atoms with E-state index in [0.717, 1.165) is 11.1 Å². The van der Waals surface area contributed by atoms with Crippen LogP contribution in [0.5, 0.6) is 11.8 Å². The van der Waals surface area contributed by atoms with E-state index >= 15 is 0 Å². The van der Waals surface area contributed by atoms with Gasteiger partial charge in [-0.2, -0.15) is 4.98 Å². The minimum atomic E-state index is -0.216. The van der Waals surface area contributed by atoms with Crippen molar-refractivity contribution in [1.82, 2.24) is 10.3 Å². The van der Waals surface area contributed by atoms with Gasteiger partial charge in [0.05, 0.1) is 6.51 Å². The topological polar surface area (TPSA) is 60.5 Å². The SMILES string of the molecule is C=C(C(=O)NC)c1ccccc1COc1cccc(OC[B]C)n1. The van der Waals surface area contributed by atoms with Gasteiger partial charge < -0.3 is 14.8 Å². The monoisotopic (exact) mass is 323 g/mol. The van der Waals surface area contributed by atoms with E-state index in [2.05, 4.69) is 16.9 Å². The molecule has 0 aliphatic carbocycles. The normalized spacial score (nSPS) is 9.92. The first kappa shape index (κ1) is 17.6. The fourth-order valence-corrected chi connectivity index (χ4v) is 2.09. The molecule has 1 radical (unpaired) electrons. The molecule has 0 fully saturated rings. The lowest BCUT2D eigenvalue weighted by Gasteiger charge is -2.12. The van der Waals surface area contributed by atoms with Gasteiger partial charge in [-0.25, -0.2) is 0 Å². The number of carbonyl (C=O) groups excluding carboxylic acids is 1. The number of pyridine rings is 1. The lowest BCUT2D eigenvalue weighted by atomic mass is 9.85. The summed E-state index contributed by atoms with van der Waals surface area (Å²) >= 11 is 0. The Balaban J connectivity index is 2.10. The molecule has 1 aromatic heterocycles. The van der Waals surface area contributed by atoms with E-state index in [4.69, 9.17) is 9.47 Å². The van der Waals surface area contributed by atoms with E-state index < -0.39 is 0 Å². The number of ether oxygens (including phenoxy) is 2. The van der Waals surface area contributed by atoms with Crippen molar-refractivity contribution in [3.63, 3.8) is 0 Å². The third-order valence-corrected chi connectivity index (χ3v) is 3.32. The van der Waals surface area contributed by atoms with E-state index in [-0.39, 0.29) is 12.5 Å². The van der Waals surface area contributed by atoms with Gasteiger partial charge in [0.25, 0.3) is 5.91 Å². The molecule has 24 heavy (non-hydrogen) atoms. The zero-order valence-electron chi connectivity index (χ0n) is 13.9. The van der Waals surface area contributed by atoms with E-state index in [0.29, 0.717) is 23.8 Å². The van der Waals surface area contributed by atoms with Crippen molar-refractivity contribution < 1.29 is 14.3 Å². The van der Waals surface area contributed by atoms with Gasteiger partial charge >= 0.3 is 0 Å². The minimum Gasteiger partial charge on any atom is -0.487 e. The number of likely N-dealkylation sites (N-methyl/N-ethyl adjacent to an activating group) is 1. The third-order valence-electron chi connectivity index (χ3n) is 3.32. The molecule has 0 aliphatic rings. The van der Waals surface area contributed by atoms with Crippen molar-refractivity contribution in [1.29, 1.82) is 0 Å². The summed E-state index contributed by atoms with van der Waals surface area (Å²) in [7, 11) is 3.48. The van der Waals surface area contributed by atoms with E-state index in [1.165, 1.54) is 0 Å². The fraction of sp³-hybridized carbons (Fsp3) is 0.222. The maximum absolute atomic E-state index is 11.8. The van der Waals surface area contributed by atoms with Crippen molar-refractivity contribution in [3.05, 3.63) is 60.2 Å². The molecule has 123 valence electrons. The Morgan fingerprint density at radius 2 is 1.88 bits per heavy atom. The van der Waals surface area contributed by atoms with Crippen molar-refractivity contribution >= 4 is 18.8 Å². The highest BCUT2D eigenvalue weighted by Gasteiger charge is 2.12. The van der Waals surface area contributed by atoms with Gasteiger partial charge in [0.2, 0.25) is 11.8 Å². The molecule has 6 heteroatoms. The van der Waals surface area contributed by atoms with Crippen molar-refractivity contribution in [2.75, 3.05) is 13.6 Å². The molecule has 2 rings (SSSR count). The Morgan fingerprint density at radius 1 is 1.17 bits per heavy atom. The van der Waals surface area contributed by atoms with Crippen molar-refractivity contribution in [3.8, 4) is 11.8 Å². The number of nitrogens with zero attached hydrogens (tertiary/aromatic N) is 1. The summed E-state index contributed by atoms with van der Waals surface area (Å²) in [6, 6.07) is 12.9. The molecule has 0 aliphatic heterocycles. The number of hydrogen-bond donors (Lipinski definition) is 1. The first-order valence-corrected chi connectivity index (χ1v) is 7.65. The molecule has 1 heterocycles. The standard InChI is InChI=1S/C18H20BN2O3/c1-13(18(22)20-3)15-8-5-4-7-14(15)11-23-16-9-6-10-17(21-16)24-12-19-2/h4-10H,1,11-12H2,2-3H3,(H,20,22). The lowest BCUT2D eigenvalue weighted by Crippen LogP contribution is -2.19. The summed E-state index contributed by atoms with van der Waals surface area (Å²) in [4.78, 5) is 16.1.